The number of nitrogens with zero attached hydrogens (tertiary/aromatic N) is 3. The van der Waals surface area contributed by atoms with E-state index in [0.29, 0.717) is 0 Å². The van der Waals surface area contributed by atoms with Crippen molar-refractivity contribution < 1.29 is 4.79 Å². The maximum absolute atomic E-state index is 11.9. The van der Waals surface area contributed by atoms with Gasteiger partial charge in [0.05, 0.1) is 6.04 Å². The molecular formula is C14H21N3O. The predicted octanol–water partition coefficient (Wildman–Crippen LogP) is 1.59. The number of likely N-dealkylation sites (N-methyl/N-ethyl adjacent to an activating group) is 1. The van der Waals surface area contributed by atoms with Gasteiger partial charge in [0, 0.05) is 39.8 Å². The fourth-order valence-corrected chi connectivity index (χ4v) is 2.49. The Kier molecular flexibility index (Phi) is 3.99. The first kappa shape index (κ1) is 13.1. The Hall–Kier alpha value is -1.39. The van der Waals surface area contributed by atoms with E-state index in [1.54, 1.807) is 6.92 Å². The summed E-state index contributed by atoms with van der Waals surface area (Å²) in [4.78, 5) is 13.8. The van der Waals surface area contributed by atoms with E-state index < -0.39 is 0 Å². The number of anilines is 1. The number of hydrogen-bond donors (Lipinski definition) is 0. The first-order valence-electron chi connectivity index (χ1n) is 6.36. The van der Waals surface area contributed by atoms with Crippen LogP contribution in [-0.4, -0.2) is 49.2 Å². The molecule has 1 aromatic rings. The molecule has 0 aliphatic carbocycles. The molecule has 0 saturated carbocycles. The lowest BCUT2D eigenvalue weighted by Gasteiger charge is -2.42. The molecule has 1 aliphatic rings. The van der Waals surface area contributed by atoms with E-state index in [2.05, 4.69) is 24.1 Å². The number of carbonyl (C=O) groups is 1. The van der Waals surface area contributed by atoms with Crippen LogP contribution in [0.25, 0.3) is 0 Å². The monoisotopic (exact) mass is 247 g/mol. The van der Waals surface area contributed by atoms with Crippen molar-refractivity contribution in [3.8, 4) is 0 Å². The minimum atomic E-state index is 0.115. The first-order valence-corrected chi connectivity index (χ1v) is 6.36. The molecule has 0 spiro atoms. The van der Waals surface area contributed by atoms with Crippen LogP contribution in [0.4, 0.5) is 5.69 Å². The van der Waals surface area contributed by atoms with Crippen molar-refractivity contribution in [3.05, 3.63) is 30.3 Å². The summed E-state index contributed by atoms with van der Waals surface area (Å²) in [5.74, 6) is 0.115. The lowest BCUT2D eigenvalue weighted by atomic mass is 10.1. The Labute approximate surface area is 109 Å². The molecule has 1 aromatic carbocycles. The number of carbonyl (C=O) groups excluding carboxylic acids is 1. The van der Waals surface area contributed by atoms with Crippen LogP contribution < -0.4 is 4.90 Å². The summed E-state index contributed by atoms with van der Waals surface area (Å²) < 4.78 is 0. The molecule has 2 rings (SSSR count). The molecule has 4 nitrogen and oxygen atoms in total. The standard InChI is InChI=1S/C14H21N3O/c1-12(18)17(13-7-5-4-6-8-13)14-9-10-15(2)16(3)11-14/h4-8,14H,9-11H2,1-3H3. The van der Waals surface area contributed by atoms with Gasteiger partial charge >= 0.3 is 0 Å². The average molecular weight is 247 g/mol. The number of hydrogen-bond acceptors (Lipinski definition) is 3. The summed E-state index contributed by atoms with van der Waals surface area (Å²) in [6, 6.07) is 10.2. The fraction of sp³-hybridized carbons (Fsp3) is 0.500. The van der Waals surface area contributed by atoms with E-state index in [1.165, 1.54) is 0 Å². The van der Waals surface area contributed by atoms with Crippen molar-refractivity contribution in [3.63, 3.8) is 0 Å². The lowest BCUT2D eigenvalue weighted by Crippen LogP contribution is -2.55. The molecule has 1 saturated heterocycles. The van der Waals surface area contributed by atoms with Gasteiger partial charge in [-0.15, -0.1) is 0 Å². The Morgan fingerprint density at radius 2 is 1.89 bits per heavy atom. The summed E-state index contributed by atoms with van der Waals surface area (Å²) in [6.45, 7) is 3.51. The van der Waals surface area contributed by atoms with E-state index in [9.17, 15) is 4.79 Å². The number of amides is 1. The van der Waals surface area contributed by atoms with Gasteiger partial charge in [0.25, 0.3) is 0 Å². The Morgan fingerprint density at radius 3 is 2.44 bits per heavy atom. The zero-order valence-electron chi connectivity index (χ0n) is 11.3. The molecule has 1 fully saturated rings. The molecule has 1 amide bonds. The molecule has 0 aromatic heterocycles. The fourth-order valence-electron chi connectivity index (χ4n) is 2.49. The highest BCUT2D eigenvalue weighted by molar-refractivity contribution is 5.92. The molecule has 4 heteroatoms. The molecule has 1 heterocycles. The van der Waals surface area contributed by atoms with Gasteiger partial charge in [-0.2, -0.15) is 0 Å². The van der Waals surface area contributed by atoms with Crippen LogP contribution in [0.5, 0.6) is 0 Å². The van der Waals surface area contributed by atoms with Gasteiger partial charge in [0.2, 0.25) is 5.91 Å². The van der Waals surface area contributed by atoms with Gasteiger partial charge in [-0.25, -0.2) is 10.0 Å². The van der Waals surface area contributed by atoms with Gasteiger partial charge in [0.15, 0.2) is 0 Å². The number of para-hydroxylation sites is 1. The second kappa shape index (κ2) is 5.50. The highest BCUT2D eigenvalue weighted by Crippen LogP contribution is 2.21. The third-order valence-electron chi connectivity index (χ3n) is 3.58. The number of rotatable bonds is 2. The summed E-state index contributed by atoms with van der Waals surface area (Å²) >= 11 is 0. The van der Waals surface area contributed by atoms with E-state index in [-0.39, 0.29) is 11.9 Å². The van der Waals surface area contributed by atoms with Crippen LogP contribution >= 0.6 is 0 Å². The SMILES string of the molecule is CC(=O)N(c1ccccc1)C1CCN(C)N(C)C1. The topological polar surface area (TPSA) is 26.8 Å². The van der Waals surface area contributed by atoms with Crippen molar-refractivity contribution >= 4 is 11.6 Å². The lowest BCUT2D eigenvalue weighted by molar-refractivity contribution is -0.117. The molecule has 98 valence electrons. The van der Waals surface area contributed by atoms with Crippen LogP contribution in [-0.2, 0) is 4.79 Å². The summed E-state index contributed by atoms with van der Waals surface area (Å²) in [5.41, 5.74) is 0.993. The summed E-state index contributed by atoms with van der Waals surface area (Å²) in [7, 11) is 4.15. The third kappa shape index (κ3) is 2.71. The van der Waals surface area contributed by atoms with Crippen molar-refractivity contribution in [2.24, 2.45) is 0 Å². The summed E-state index contributed by atoms with van der Waals surface area (Å²) in [6.07, 6.45) is 1.01. The van der Waals surface area contributed by atoms with Crippen LogP contribution in [0.3, 0.4) is 0 Å². The van der Waals surface area contributed by atoms with Crippen molar-refractivity contribution in [1.29, 1.82) is 0 Å². The summed E-state index contributed by atoms with van der Waals surface area (Å²) in [5, 5.41) is 4.37. The van der Waals surface area contributed by atoms with Gasteiger partial charge in [-0.05, 0) is 18.6 Å². The average Bonchev–Trinajstić information content (AvgIpc) is 2.35. The van der Waals surface area contributed by atoms with Crippen LogP contribution in [0.15, 0.2) is 30.3 Å². The third-order valence-corrected chi connectivity index (χ3v) is 3.58. The normalized spacial score (nSPS) is 21.8. The number of benzene rings is 1. The Morgan fingerprint density at radius 1 is 1.22 bits per heavy atom. The molecule has 1 atom stereocenters. The highest BCUT2D eigenvalue weighted by atomic mass is 16.2. The smallest absolute Gasteiger partial charge is 0.224 e. The first-order chi connectivity index (χ1) is 8.59. The second-order valence-corrected chi connectivity index (χ2v) is 4.89. The van der Waals surface area contributed by atoms with Crippen LogP contribution in [0, 0.1) is 0 Å². The Balaban J connectivity index is 2.19. The van der Waals surface area contributed by atoms with Crippen molar-refractivity contribution in [2.75, 3.05) is 32.1 Å². The molecule has 0 N–H and O–H groups in total. The van der Waals surface area contributed by atoms with E-state index in [0.717, 1.165) is 25.2 Å². The predicted molar refractivity (Wildman–Crippen MR) is 73.3 cm³/mol. The molecule has 18 heavy (non-hydrogen) atoms. The highest BCUT2D eigenvalue weighted by Gasteiger charge is 2.28. The van der Waals surface area contributed by atoms with Gasteiger partial charge in [-0.1, -0.05) is 18.2 Å². The van der Waals surface area contributed by atoms with Crippen LogP contribution in [0.1, 0.15) is 13.3 Å². The molecule has 0 bridgehead atoms. The molecular weight excluding hydrogens is 226 g/mol. The largest absolute Gasteiger partial charge is 0.308 e. The molecule has 1 aliphatic heterocycles. The minimum absolute atomic E-state index is 0.115. The van der Waals surface area contributed by atoms with E-state index in [4.69, 9.17) is 0 Å². The van der Waals surface area contributed by atoms with Crippen molar-refractivity contribution in [1.82, 2.24) is 10.0 Å². The second-order valence-electron chi connectivity index (χ2n) is 4.89. The quantitative estimate of drug-likeness (QED) is 0.794. The van der Waals surface area contributed by atoms with Crippen molar-refractivity contribution in [2.45, 2.75) is 19.4 Å². The Bertz CT molecular complexity index is 407. The van der Waals surface area contributed by atoms with Gasteiger partial charge in [-0.3, -0.25) is 4.79 Å². The van der Waals surface area contributed by atoms with Crippen LogP contribution in [0.2, 0.25) is 0 Å². The minimum Gasteiger partial charge on any atom is -0.308 e. The van der Waals surface area contributed by atoms with E-state index >= 15 is 0 Å². The van der Waals surface area contributed by atoms with E-state index in [1.807, 2.05) is 35.2 Å². The number of hydrazine groups is 1. The maximum Gasteiger partial charge on any atom is 0.224 e. The van der Waals surface area contributed by atoms with Gasteiger partial charge in [0.1, 0.15) is 0 Å². The van der Waals surface area contributed by atoms with Gasteiger partial charge < -0.3 is 4.90 Å². The zero-order chi connectivity index (χ0) is 13.1. The maximum atomic E-state index is 11.9. The molecule has 0 radical (unpaired) electrons. The zero-order valence-corrected chi connectivity index (χ0v) is 11.3. The molecule has 1 unspecified atom stereocenters.